The third-order valence-electron chi connectivity index (χ3n) is 3.37. The Morgan fingerprint density at radius 2 is 2.19 bits per heavy atom. The largest absolute Gasteiger partial charge is 0.469 e. The van der Waals surface area contributed by atoms with E-state index in [2.05, 4.69) is 4.98 Å². The summed E-state index contributed by atoms with van der Waals surface area (Å²) in [6, 6.07) is 2.99. The molecular weight excluding hydrogens is 272 g/mol. The van der Waals surface area contributed by atoms with Crippen LogP contribution in [-0.4, -0.2) is 53.2 Å². The lowest BCUT2D eigenvalue weighted by atomic mass is 10.1. The third-order valence-corrected chi connectivity index (χ3v) is 3.37. The Morgan fingerprint density at radius 3 is 2.67 bits per heavy atom. The molecule has 0 saturated heterocycles. The summed E-state index contributed by atoms with van der Waals surface area (Å²) in [4.78, 5) is 29.6. The summed E-state index contributed by atoms with van der Waals surface area (Å²) in [6.45, 7) is 3.61. The zero-order valence-electron chi connectivity index (χ0n) is 12.7. The van der Waals surface area contributed by atoms with Gasteiger partial charge in [-0.2, -0.15) is 0 Å². The van der Waals surface area contributed by atoms with Gasteiger partial charge in [0.2, 0.25) is 0 Å². The van der Waals surface area contributed by atoms with Crippen LogP contribution in [0.4, 0.5) is 0 Å². The molecule has 2 atom stereocenters. The number of ether oxygens (including phenoxy) is 1. The van der Waals surface area contributed by atoms with Gasteiger partial charge in [-0.25, -0.2) is 0 Å². The minimum atomic E-state index is -0.462. The van der Waals surface area contributed by atoms with Crippen molar-refractivity contribution in [2.24, 2.45) is 5.92 Å². The highest BCUT2D eigenvalue weighted by molar-refractivity contribution is 5.94. The second kappa shape index (κ2) is 8.36. The topological polar surface area (TPSA) is 79.7 Å². The van der Waals surface area contributed by atoms with Crippen molar-refractivity contribution in [1.29, 1.82) is 0 Å². The van der Waals surface area contributed by atoms with Crippen molar-refractivity contribution in [3.05, 3.63) is 30.1 Å². The predicted molar refractivity (Wildman–Crippen MR) is 77.6 cm³/mol. The van der Waals surface area contributed by atoms with Crippen LogP contribution in [0, 0.1) is 5.92 Å². The average molecular weight is 294 g/mol. The molecule has 0 aliphatic heterocycles. The quantitative estimate of drug-likeness (QED) is 0.762. The number of esters is 1. The molecule has 0 saturated carbocycles. The molecule has 2 unspecified atom stereocenters. The summed E-state index contributed by atoms with van der Waals surface area (Å²) in [7, 11) is 1.31. The number of nitrogens with zero attached hydrogens (tertiary/aromatic N) is 2. The number of carbonyl (C=O) groups is 2. The molecule has 0 aromatic carbocycles. The summed E-state index contributed by atoms with van der Waals surface area (Å²) in [5, 5.41) is 9.48. The molecule has 1 aromatic heterocycles. The second-order valence-electron chi connectivity index (χ2n) is 4.87. The lowest BCUT2D eigenvalue weighted by Crippen LogP contribution is -2.45. The molecule has 1 heterocycles. The van der Waals surface area contributed by atoms with Gasteiger partial charge in [0.1, 0.15) is 0 Å². The molecule has 0 fully saturated rings. The number of hydrogen-bond acceptors (Lipinski definition) is 5. The molecule has 21 heavy (non-hydrogen) atoms. The van der Waals surface area contributed by atoms with Gasteiger partial charge in [-0.1, -0.05) is 13.8 Å². The highest BCUT2D eigenvalue weighted by Gasteiger charge is 2.27. The molecule has 0 aliphatic rings. The van der Waals surface area contributed by atoms with Crippen molar-refractivity contribution in [2.75, 3.05) is 20.3 Å². The van der Waals surface area contributed by atoms with Crippen LogP contribution in [-0.2, 0) is 9.53 Å². The SMILES string of the molecule is CCC(CO)N(CC(C)C(=O)OC)C(=O)c1cccnc1. The lowest BCUT2D eigenvalue weighted by molar-refractivity contribution is -0.145. The first-order chi connectivity index (χ1) is 10.0. The molecule has 0 bridgehead atoms. The summed E-state index contributed by atoms with van der Waals surface area (Å²) in [5.74, 6) is -1.09. The molecule has 1 rings (SSSR count). The first-order valence-corrected chi connectivity index (χ1v) is 6.94. The third kappa shape index (κ3) is 4.53. The first kappa shape index (κ1) is 17.1. The standard InChI is InChI=1S/C15H22N2O4/c1-4-13(10-18)17(9-11(2)15(20)21-3)14(19)12-6-5-7-16-8-12/h5-8,11,13,18H,4,9-10H2,1-3H3. The van der Waals surface area contributed by atoms with Crippen molar-refractivity contribution >= 4 is 11.9 Å². The summed E-state index contributed by atoms with van der Waals surface area (Å²) < 4.78 is 4.69. The van der Waals surface area contributed by atoms with E-state index in [0.717, 1.165) is 0 Å². The number of hydrogen-bond donors (Lipinski definition) is 1. The van der Waals surface area contributed by atoms with Crippen LogP contribution in [0.25, 0.3) is 0 Å². The Balaban J connectivity index is 2.97. The predicted octanol–water partition coefficient (Wildman–Crippen LogP) is 1.10. The maximum atomic E-state index is 12.6. The molecule has 1 N–H and O–H groups in total. The number of amides is 1. The number of methoxy groups -OCH3 is 1. The Bertz CT molecular complexity index is 460. The van der Waals surface area contributed by atoms with E-state index < -0.39 is 5.92 Å². The molecule has 0 aliphatic carbocycles. The molecule has 1 aromatic rings. The second-order valence-corrected chi connectivity index (χ2v) is 4.87. The number of pyridine rings is 1. The minimum absolute atomic E-state index is 0.156. The van der Waals surface area contributed by atoms with Gasteiger partial charge in [-0.15, -0.1) is 0 Å². The lowest BCUT2D eigenvalue weighted by Gasteiger charge is -2.31. The van der Waals surface area contributed by atoms with Gasteiger partial charge in [0, 0.05) is 18.9 Å². The fourth-order valence-corrected chi connectivity index (χ4v) is 2.07. The fraction of sp³-hybridized carbons (Fsp3) is 0.533. The van der Waals surface area contributed by atoms with Gasteiger partial charge in [0.15, 0.2) is 0 Å². The van der Waals surface area contributed by atoms with Gasteiger partial charge in [0.25, 0.3) is 5.91 Å². The van der Waals surface area contributed by atoms with Crippen LogP contribution < -0.4 is 0 Å². The number of aliphatic hydroxyl groups excluding tert-OH is 1. The fourth-order valence-electron chi connectivity index (χ4n) is 2.07. The smallest absolute Gasteiger partial charge is 0.310 e. The van der Waals surface area contributed by atoms with Gasteiger partial charge in [-0.05, 0) is 18.6 Å². The van der Waals surface area contributed by atoms with Crippen LogP contribution >= 0.6 is 0 Å². The van der Waals surface area contributed by atoms with Gasteiger partial charge in [0.05, 0.1) is 31.2 Å². The normalized spacial score (nSPS) is 13.3. The van der Waals surface area contributed by atoms with E-state index in [0.29, 0.717) is 12.0 Å². The Kier molecular flexibility index (Phi) is 6.81. The van der Waals surface area contributed by atoms with Gasteiger partial charge < -0.3 is 14.7 Å². The van der Waals surface area contributed by atoms with E-state index in [9.17, 15) is 14.7 Å². The maximum absolute atomic E-state index is 12.6. The van der Waals surface area contributed by atoms with Crippen molar-refractivity contribution < 1.29 is 19.4 Å². The van der Waals surface area contributed by atoms with Crippen molar-refractivity contribution in [3.8, 4) is 0 Å². The van der Waals surface area contributed by atoms with Crippen LogP contribution in [0.2, 0.25) is 0 Å². The van der Waals surface area contributed by atoms with Crippen LogP contribution in [0.1, 0.15) is 30.6 Å². The highest BCUT2D eigenvalue weighted by atomic mass is 16.5. The zero-order chi connectivity index (χ0) is 15.8. The molecule has 1 amide bonds. The Hall–Kier alpha value is -1.95. The highest BCUT2D eigenvalue weighted by Crippen LogP contribution is 2.14. The van der Waals surface area contributed by atoms with E-state index in [4.69, 9.17) is 4.74 Å². The molecular formula is C15H22N2O4. The Labute approximate surface area is 124 Å². The molecule has 6 nitrogen and oxygen atoms in total. The van der Waals surface area contributed by atoms with E-state index in [1.165, 1.54) is 18.2 Å². The van der Waals surface area contributed by atoms with E-state index in [1.54, 1.807) is 25.3 Å². The average Bonchev–Trinajstić information content (AvgIpc) is 2.54. The molecule has 6 heteroatoms. The van der Waals surface area contributed by atoms with Crippen LogP contribution in [0.5, 0.6) is 0 Å². The first-order valence-electron chi connectivity index (χ1n) is 6.94. The zero-order valence-corrected chi connectivity index (χ0v) is 12.7. The minimum Gasteiger partial charge on any atom is -0.469 e. The van der Waals surface area contributed by atoms with Gasteiger partial charge in [-0.3, -0.25) is 14.6 Å². The number of carbonyl (C=O) groups excluding carboxylic acids is 2. The molecule has 116 valence electrons. The Morgan fingerprint density at radius 1 is 1.48 bits per heavy atom. The molecule has 0 radical (unpaired) electrons. The van der Waals surface area contributed by atoms with E-state index >= 15 is 0 Å². The summed E-state index contributed by atoms with van der Waals surface area (Å²) >= 11 is 0. The number of rotatable bonds is 7. The van der Waals surface area contributed by atoms with E-state index in [-0.39, 0.29) is 31.1 Å². The monoisotopic (exact) mass is 294 g/mol. The molecule has 0 spiro atoms. The van der Waals surface area contributed by atoms with Crippen molar-refractivity contribution in [3.63, 3.8) is 0 Å². The summed E-state index contributed by atoms with van der Waals surface area (Å²) in [6.07, 6.45) is 3.65. The van der Waals surface area contributed by atoms with E-state index in [1.807, 2.05) is 6.92 Å². The van der Waals surface area contributed by atoms with Crippen molar-refractivity contribution in [1.82, 2.24) is 9.88 Å². The van der Waals surface area contributed by atoms with Gasteiger partial charge >= 0.3 is 5.97 Å². The summed E-state index contributed by atoms with van der Waals surface area (Å²) in [5.41, 5.74) is 0.432. The van der Waals surface area contributed by atoms with Crippen molar-refractivity contribution in [2.45, 2.75) is 26.3 Å². The maximum Gasteiger partial charge on any atom is 0.310 e. The number of aliphatic hydroxyl groups is 1. The number of aromatic nitrogens is 1. The van der Waals surface area contributed by atoms with Crippen LogP contribution in [0.15, 0.2) is 24.5 Å². The van der Waals surface area contributed by atoms with Crippen LogP contribution in [0.3, 0.4) is 0 Å².